The molecule has 0 bridgehead atoms. The van der Waals surface area contributed by atoms with Gasteiger partial charge in [0, 0.05) is 18.1 Å². The van der Waals surface area contributed by atoms with Crippen molar-refractivity contribution in [3.8, 4) is 5.82 Å². The van der Waals surface area contributed by atoms with Crippen molar-refractivity contribution in [1.29, 1.82) is 0 Å². The fraction of sp³-hybridized carbons (Fsp3) is 0.308. The minimum Gasteiger partial charge on any atom is -0.357 e. The van der Waals surface area contributed by atoms with Gasteiger partial charge in [-0.25, -0.2) is 9.67 Å². The second-order valence-electron chi connectivity index (χ2n) is 4.37. The average molecular weight is 273 g/mol. The van der Waals surface area contributed by atoms with E-state index in [9.17, 15) is 0 Å². The minimum atomic E-state index is 0.625. The van der Waals surface area contributed by atoms with Crippen LogP contribution in [0.25, 0.3) is 16.0 Å². The summed E-state index contributed by atoms with van der Waals surface area (Å²) in [7, 11) is 1.83. The predicted octanol–water partition coefficient (Wildman–Crippen LogP) is 2.79. The molecule has 0 aromatic carbocycles. The quantitative estimate of drug-likeness (QED) is 0.797. The zero-order valence-electron chi connectivity index (χ0n) is 11.1. The van der Waals surface area contributed by atoms with Crippen molar-refractivity contribution in [3.05, 3.63) is 28.9 Å². The molecule has 19 heavy (non-hydrogen) atoms. The van der Waals surface area contributed by atoms with E-state index in [0.29, 0.717) is 5.95 Å². The smallest absolute Gasteiger partial charge is 0.225 e. The Labute approximate surface area is 115 Å². The van der Waals surface area contributed by atoms with E-state index in [-0.39, 0.29) is 0 Å². The molecule has 6 heteroatoms. The first-order chi connectivity index (χ1) is 9.21. The van der Waals surface area contributed by atoms with Gasteiger partial charge in [0.2, 0.25) is 5.95 Å². The summed E-state index contributed by atoms with van der Waals surface area (Å²) in [6, 6.07) is 2.16. The number of aryl methyl sites for hydroxylation is 2. The van der Waals surface area contributed by atoms with E-state index in [1.165, 1.54) is 4.88 Å². The Morgan fingerprint density at radius 1 is 1.37 bits per heavy atom. The summed E-state index contributed by atoms with van der Waals surface area (Å²) < 4.78 is 1.81. The third kappa shape index (κ3) is 2.08. The van der Waals surface area contributed by atoms with Crippen LogP contribution in [0, 0.1) is 6.92 Å². The van der Waals surface area contributed by atoms with Crippen LogP contribution in [0.3, 0.4) is 0 Å². The minimum absolute atomic E-state index is 0.625. The number of thiophene rings is 1. The molecule has 3 rings (SSSR count). The molecule has 3 aromatic rings. The summed E-state index contributed by atoms with van der Waals surface area (Å²) in [4.78, 5) is 11.4. The van der Waals surface area contributed by atoms with Crippen molar-refractivity contribution in [3.63, 3.8) is 0 Å². The third-order valence-electron chi connectivity index (χ3n) is 2.92. The standard InChI is InChI=1S/C13H15N5S/c1-4-9-5-10-11(18-7-8(2)6-15-18)16-13(14-3)17-12(10)19-9/h5-7H,4H2,1-3H3,(H,14,16,17). The van der Waals surface area contributed by atoms with Gasteiger partial charge in [-0.2, -0.15) is 10.1 Å². The molecule has 5 nitrogen and oxygen atoms in total. The number of rotatable bonds is 3. The summed E-state index contributed by atoms with van der Waals surface area (Å²) >= 11 is 1.71. The second kappa shape index (κ2) is 4.62. The first-order valence-corrected chi connectivity index (χ1v) is 7.02. The third-order valence-corrected chi connectivity index (χ3v) is 4.10. The molecule has 0 spiro atoms. The average Bonchev–Trinajstić information content (AvgIpc) is 3.02. The largest absolute Gasteiger partial charge is 0.357 e. The van der Waals surface area contributed by atoms with Crippen LogP contribution >= 0.6 is 11.3 Å². The molecule has 1 N–H and O–H groups in total. The van der Waals surface area contributed by atoms with Crippen molar-refractivity contribution in [2.45, 2.75) is 20.3 Å². The van der Waals surface area contributed by atoms with Crippen LogP contribution in [0.2, 0.25) is 0 Å². The van der Waals surface area contributed by atoms with E-state index in [0.717, 1.165) is 28.0 Å². The maximum atomic E-state index is 4.54. The summed E-state index contributed by atoms with van der Waals surface area (Å²) in [5, 5.41) is 8.42. The highest BCUT2D eigenvalue weighted by Gasteiger charge is 2.13. The molecule has 3 heterocycles. The van der Waals surface area contributed by atoms with Crippen molar-refractivity contribution in [1.82, 2.24) is 19.7 Å². The Kier molecular flexibility index (Phi) is 2.94. The summed E-state index contributed by atoms with van der Waals surface area (Å²) in [6.07, 6.45) is 4.82. The second-order valence-corrected chi connectivity index (χ2v) is 5.48. The molecule has 0 aliphatic carbocycles. The Morgan fingerprint density at radius 2 is 2.21 bits per heavy atom. The number of hydrogen-bond donors (Lipinski definition) is 1. The lowest BCUT2D eigenvalue weighted by Gasteiger charge is -2.04. The van der Waals surface area contributed by atoms with E-state index in [1.54, 1.807) is 11.3 Å². The Balaban J connectivity index is 2.28. The predicted molar refractivity (Wildman–Crippen MR) is 78.2 cm³/mol. The van der Waals surface area contributed by atoms with Crippen LogP contribution in [0.1, 0.15) is 17.4 Å². The van der Waals surface area contributed by atoms with Gasteiger partial charge in [-0.05, 0) is 25.0 Å². The van der Waals surface area contributed by atoms with Gasteiger partial charge in [-0.3, -0.25) is 0 Å². The Bertz CT molecular complexity index is 728. The van der Waals surface area contributed by atoms with Gasteiger partial charge in [-0.1, -0.05) is 6.92 Å². The van der Waals surface area contributed by atoms with E-state index < -0.39 is 0 Å². The molecule has 0 amide bonds. The van der Waals surface area contributed by atoms with Gasteiger partial charge in [0.25, 0.3) is 0 Å². The molecule has 3 aromatic heterocycles. The van der Waals surface area contributed by atoms with Crippen molar-refractivity contribution < 1.29 is 0 Å². The SMILES string of the molecule is CCc1cc2c(-n3cc(C)cn3)nc(NC)nc2s1. The van der Waals surface area contributed by atoms with Crippen molar-refractivity contribution >= 4 is 27.5 Å². The van der Waals surface area contributed by atoms with E-state index in [2.05, 4.69) is 33.4 Å². The molecule has 0 radical (unpaired) electrons. The maximum absolute atomic E-state index is 4.54. The molecule has 0 atom stereocenters. The first-order valence-electron chi connectivity index (χ1n) is 6.21. The van der Waals surface area contributed by atoms with Crippen LogP contribution in [-0.4, -0.2) is 26.8 Å². The first kappa shape index (κ1) is 12.1. The van der Waals surface area contributed by atoms with Gasteiger partial charge in [0.1, 0.15) is 4.83 Å². The van der Waals surface area contributed by atoms with Crippen LogP contribution in [0.15, 0.2) is 18.5 Å². The number of nitrogens with zero attached hydrogens (tertiary/aromatic N) is 4. The van der Waals surface area contributed by atoms with Crippen LogP contribution < -0.4 is 5.32 Å². The molecular formula is C13H15N5S. The highest BCUT2D eigenvalue weighted by atomic mass is 32.1. The number of aromatic nitrogens is 4. The number of nitrogens with one attached hydrogen (secondary N) is 1. The van der Waals surface area contributed by atoms with Gasteiger partial charge in [0.05, 0.1) is 11.6 Å². The Hall–Kier alpha value is -1.95. The number of anilines is 1. The number of fused-ring (bicyclic) bond motifs is 1. The highest BCUT2D eigenvalue weighted by molar-refractivity contribution is 7.18. The zero-order chi connectivity index (χ0) is 13.4. The van der Waals surface area contributed by atoms with Crippen LogP contribution in [-0.2, 0) is 6.42 Å². The lowest BCUT2D eigenvalue weighted by Crippen LogP contribution is -2.03. The molecular weight excluding hydrogens is 258 g/mol. The maximum Gasteiger partial charge on any atom is 0.225 e. The monoisotopic (exact) mass is 273 g/mol. The molecule has 0 aliphatic heterocycles. The summed E-state index contributed by atoms with van der Waals surface area (Å²) in [5.41, 5.74) is 1.11. The van der Waals surface area contributed by atoms with Crippen molar-refractivity contribution in [2.24, 2.45) is 0 Å². The molecule has 0 fully saturated rings. The van der Waals surface area contributed by atoms with Gasteiger partial charge in [0.15, 0.2) is 5.82 Å². The number of hydrogen-bond acceptors (Lipinski definition) is 5. The fourth-order valence-corrected chi connectivity index (χ4v) is 2.91. The molecule has 0 aliphatic rings. The molecule has 0 unspecified atom stereocenters. The normalized spacial score (nSPS) is 11.1. The summed E-state index contributed by atoms with van der Waals surface area (Å²) in [5.74, 6) is 1.46. The summed E-state index contributed by atoms with van der Waals surface area (Å²) in [6.45, 7) is 4.17. The lowest BCUT2D eigenvalue weighted by atomic mass is 10.3. The zero-order valence-corrected chi connectivity index (χ0v) is 12.0. The lowest BCUT2D eigenvalue weighted by molar-refractivity contribution is 0.852. The molecule has 98 valence electrons. The van der Waals surface area contributed by atoms with E-state index in [4.69, 9.17) is 0 Å². The van der Waals surface area contributed by atoms with E-state index >= 15 is 0 Å². The molecule has 0 saturated carbocycles. The molecule has 0 saturated heterocycles. The van der Waals surface area contributed by atoms with Crippen LogP contribution in [0.4, 0.5) is 5.95 Å². The fourth-order valence-electron chi connectivity index (χ4n) is 1.95. The highest BCUT2D eigenvalue weighted by Crippen LogP contribution is 2.29. The van der Waals surface area contributed by atoms with E-state index in [1.807, 2.05) is 31.0 Å². The topological polar surface area (TPSA) is 55.6 Å². The Morgan fingerprint density at radius 3 is 2.84 bits per heavy atom. The van der Waals surface area contributed by atoms with Gasteiger partial charge >= 0.3 is 0 Å². The van der Waals surface area contributed by atoms with Crippen molar-refractivity contribution in [2.75, 3.05) is 12.4 Å². The van der Waals surface area contributed by atoms with Crippen LogP contribution in [0.5, 0.6) is 0 Å². The van der Waals surface area contributed by atoms with Gasteiger partial charge in [-0.15, -0.1) is 11.3 Å². The van der Waals surface area contributed by atoms with Gasteiger partial charge < -0.3 is 5.32 Å².